The molecule has 0 radical (unpaired) electrons. The largest absolute Gasteiger partial charge is 0.342 e. The fourth-order valence-corrected chi connectivity index (χ4v) is 2.65. The highest BCUT2D eigenvalue weighted by atomic mass is 19.1. The van der Waals surface area contributed by atoms with Crippen LogP contribution in [0.5, 0.6) is 0 Å². The maximum Gasteiger partial charge on any atom is 0.250 e. The van der Waals surface area contributed by atoms with Gasteiger partial charge in [0.1, 0.15) is 17.9 Å². The summed E-state index contributed by atoms with van der Waals surface area (Å²) in [6.07, 6.45) is 0.440. The summed E-state index contributed by atoms with van der Waals surface area (Å²) in [6.45, 7) is 7.37. The summed E-state index contributed by atoms with van der Waals surface area (Å²) in [5, 5.41) is 2.75. The molecule has 0 aromatic heterocycles. The van der Waals surface area contributed by atoms with E-state index in [4.69, 9.17) is 0 Å². The summed E-state index contributed by atoms with van der Waals surface area (Å²) in [6, 6.07) is 3.32. The number of rotatable bonds is 3. The first-order valence-electron chi connectivity index (χ1n) is 7.26. The second kappa shape index (κ2) is 5.84. The number of carbonyl (C=O) groups is 2. The molecule has 4 nitrogen and oxygen atoms in total. The molecule has 21 heavy (non-hydrogen) atoms. The molecule has 5 heteroatoms. The molecule has 1 aromatic carbocycles. The van der Waals surface area contributed by atoms with E-state index in [2.05, 4.69) is 5.32 Å². The Balaban J connectivity index is 2.51. The quantitative estimate of drug-likeness (QED) is 0.930. The lowest BCUT2D eigenvalue weighted by atomic mass is 9.96. The molecule has 2 unspecified atom stereocenters. The first-order chi connectivity index (χ1) is 9.86. The van der Waals surface area contributed by atoms with Gasteiger partial charge in [0, 0.05) is 0 Å². The van der Waals surface area contributed by atoms with Crippen LogP contribution in [0.15, 0.2) is 18.2 Å². The summed E-state index contributed by atoms with van der Waals surface area (Å²) in [5.41, 5.74) is 1.04. The topological polar surface area (TPSA) is 49.4 Å². The average Bonchev–Trinajstić information content (AvgIpc) is 2.43. The van der Waals surface area contributed by atoms with Gasteiger partial charge in [-0.25, -0.2) is 4.39 Å². The van der Waals surface area contributed by atoms with E-state index in [1.165, 1.54) is 11.0 Å². The molecule has 0 aliphatic carbocycles. The minimum absolute atomic E-state index is 0.0466. The SMILES string of the molecule is CCC1C(=O)NC(C(C)C)C(=O)N1c1cc(C)ccc1F. The van der Waals surface area contributed by atoms with E-state index in [1.807, 2.05) is 27.7 Å². The van der Waals surface area contributed by atoms with E-state index in [1.54, 1.807) is 12.1 Å². The van der Waals surface area contributed by atoms with E-state index >= 15 is 0 Å². The number of hydrogen-bond acceptors (Lipinski definition) is 2. The lowest BCUT2D eigenvalue weighted by molar-refractivity contribution is -0.135. The molecule has 0 saturated carbocycles. The molecule has 1 fully saturated rings. The van der Waals surface area contributed by atoms with Crippen molar-refractivity contribution in [1.29, 1.82) is 0 Å². The fraction of sp³-hybridized carbons (Fsp3) is 0.500. The number of aryl methyl sites for hydroxylation is 1. The molecule has 0 spiro atoms. The second-order valence-electron chi connectivity index (χ2n) is 5.82. The Morgan fingerprint density at radius 3 is 2.57 bits per heavy atom. The van der Waals surface area contributed by atoms with Crippen molar-refractivity contribution in [2.45, 2.75) is 46.2 Å². The molecule has 2 atom stereocenters. The van der Waals surface area contributed by atoms with Crippen LogP contribution < -0.4 is 10.2 Å². The summed E-state index contributed by atoms with van der Waals surface area (Å²) in [5.74, 6) is -1.00. The molecule has 114 valence electrons. The van der Waals surface area contributed by atoms with Gasteiger partial charge in [0.15, 0.2) is 0 Å². The van der Waals surface area contributed by atoms with Crippen LogP contribution in [-0.4, -0.2) is 23.9 Å². The van der Waals surface area contributed by atoms with E-state index in [0.717, 1.165) is 5.56 Å². The van der Waals surface area contributed by atoms with Gasteiger partial charge in [-0.15, -0.1) is 0 Å². The zero-order valence-electron chi connectivity index (χ0n) is 12.8. The van der Waals surface area contributed by atoms with Crippen molar-refractivity contribution >= 4 is 17.5 Å². The Hall–Kier alpha value is -1.91. The Labute approximate surface area is 124 Å². The number of carbonyl (C=O) groups excluding carboxylic acids is 2. The number of amides is 2. The molecule has 0 bridgehead atoms. The Morgan fingerprint density at radius 1 is 1.33 bits per heavy atom. The normalized spacial score (nSPS) is 22.7. The van der Waals surface area contributed by atoms with Gasteiger partial charge < -0.3 is 5.32 Å². The van der Waals surface area contributed by atoms with Gasteiger partial charge in [0.2, 0.25) is 5.91 Å². The Bertz CT molecular complexity index is 571. The lowest BCUT2D eigenvalue weighted by Crippen LogP contribution is -2.65. The molecule has 1 aliphatic rings. The third kappa shape index (κ3) is 2.77. The molecule has 1 saturated heterocycles. The van der Waals surface area contributed by atoms with Crippen molar-refractivity contribution < 1.29 is 14.0 Å². The highest BCUT2D eigenvalue weighted by molar-refractivity contribution is 6.08. The fourth-order valence-electron chi connectivity index (χ4n) is 2.65. The smallest absolute Gasteiger partial charge is 0.250 e. The highest BCUT2D eigenvalue weighted by Crippen LogP contribution is 2.28. The van der Waals surface area contributed by atoms with Crippen molar-refractivity contribution in [3.05, 3.63) is 29.6 Å². The number of benzene rings is 1. The second-order valence-corrected chi connectivity index (χ2v) is 5.82. The van der Waals surface area contributed by atoms with Crippen LogP contribution in [0, 0.1) is 18.7 Å². The molecule has 2 rings (SSSR count). The summed E-state index contributed by atoms with van der Waals surface area (Å²) in [4.78, 5) is 26.3. The van der Waals surface area contributed by atoms with Crippen molar-refractivity contribution in [2.24, 2.45) is 5.92 Å². The molecule has 1 heterocycles. The monoisotopic (exact) mass is 292 g/mol. The highest BCUT2D eigenvalue weighted by Gasteiger charge is 2.42. The summed E-state index contributed by atoms with van der Waals surface area (Å²) in [7, 11) is 0. The van der Waals surface area contributed by atoms with Crippen LogP contribution in [0.4, 0.5) is 10.1 Å². The van der Waals surface area contributed by atoms with Crippen LogP contribution >= 0.6 is 0 Å². The summed E-state index contributed by atoms with van der Waals surface area (Å²) >= 11 is 0. The number of hydrogen-bond donors (Lipinski definition) is 1. The molecule has 1 aromatic rings. The van der Waals surface area contributed by atoms with Gasteiger partial charge in [-0.05, 0) is 37.0 Å². The van der Waals surface area contributed by atoms with E-state index in [9.17, 15) is 14.0 Å². The minimum atomic E-state index is -0.663. The number of nitrogens with zero attached hydrogens (tertiary/aromatic N) is 1. The van der Waals surface area contributed by atoms with Gasteiger partial charge in [-0.3, -0.25) is 14.5 Å². The molecule has 1 N–H and O–H groups in total. The number of piperazine rings is 1. The van der Waals surface area contributed by atoms with Gasteiger partial charge >= 0.3 is 0 Å². The minimum Gasteiger partial charge on any atom is -0.342 e. The van der Waals surface area contributed by atoms with Crippen molar-refractivity contribution in [3.8, 4) is 0 Å². The van der Waals surface area contributed by atoms with Crippen LogP contribution in [0.1, 0.15) is 32.8 Å². The van der Waals surface area contributed by atoms with Crippen LogP contribution in [0.25, 0.3) is 0 Å². The summed E-state index contributed by atoms with van der Waals surface area (Å²) < 4.78 is 14.2. The van der Waals surface area contributed by atoms with Gasteiger partial charge in [0.25, 0.3) is 5.91 Å². The predicted octanol–water partition coefficient (Wildman–Crippen LogP) is 2.40. The maximum absolute atomic E-state index is 14.2. The van der Waals surface area contributed by atoms with Crippen LogP contribution in [0.2, 0.25) is 0 Å². The maximum atomic E-state index is 14.2. The standard InChI is InChI=1S/C16H21FN2O2/c1-5-12-15(20)18-14(9(2)3)16(21)19(12)13-8-10(4)6-7-11(13)17/h6-9,12,14H,5H2,1-4H3,(H,18,20). The third-order valence-corrected chi connectivity index (χ3v) is 3.83. The molecular formula is C16H21FN2O2. The lowest BCUT2D eigenvalue weighted by Gasteiger charge is -2.40. The number of anilines is 1. The van der Waals surface area contributed by atoms with Crippen LogP contribution in [-0.2, 0) is 9.59 Å². The zero-order valence-corrected chi connectivity index (χ0v) is 12.8. The number of nitrogens with one attached hydrogen (secondary N) is 1. The van der Waals surface area contributed by atoms with Crippen molar-refractivity contribution in [1.82, 2.24) is 5.32 Å². The van der Waals surface area contributed by atoms with E-state index < -0.39 is 17.9 Å². The molecule has 1 aliphatic heterocycles. The third-order valence-electron chi connectivity index (χ3n) is 3.83. The number of halogens is 1. The first-order valence-corrected chi connectivity index (χ1v) is 7.26. The first kappa shape index (κ1) is 15.5. The van der Waals surface area contributed by atoms with Gasteiger partial charge in [0.05, 0.1) is 5.69 Å². The van der Waals surface area contributed by atoms with E-state index in [-0.39, 0.29) is 23.4 Å². The predicted molar refractivity (Wildman–Crippen MR) is 79.5 cm³/mol. The Kier molecular flexibility index (Phi) is 4.30. The van der Waals surface area contributed by atoms with Gasteiger partial charge in [-0.2, -0.15) is 0 Å². The van der Waals surface area contributed by atoms with Crippen LogP contribution in [0.3, 0.4) is 0 Å². The molecular weight excluding hydrogens is 271 g/mol. The van der Waals surface area contributed by atoms with Crippen molar-refractivity contribution in [3.63, 3.8) is 0 Å². The van der Waals surface area contributed by atoms with Gasteiger partial charge in [-0.1, -0.05) is 26.8 Å². The molecule has 2 amide bonds. The van der Waals surface area contributed by atoms with Crippen molar-refractivity contribution in [2.75, 3.05) is 4.90 Å². The zero-order chi connectivity index (χ0) is 15.7. The van der Waals surface area contributed by atoms with E-state index in [0.29, 0.717) is 6.42 Å². The Morgan fingerprint density at radius 2 is 2.00 bits per heavy atom. The average molecular weight is 292 g/mol.